The van der Waals surface area contributed by atoms with Crippen LogP contribution in [0, 0.1) is 11.8 Å². The summed E-state index contributed by atoms with van der Waals surface area (Å²) in [5.41, 5.74) is 0. The minimum atomic E-state index is 0.318. The SMILES string of the molecule is CC(C)c1nc(CN2CC3CNCC3C2)no1. The van der Waals surface area contributed by atoms with Gasteiger partial charge in [-0.1, -0.05) is 19.0 Å². The van der Waals surface area contributed by atoms with Gasteiger partial charge in [0.05, 0.1) is 6.54 Å². The Kier molecular flexibility index (Phi) is 2.88. The second-order valence-corrected chi connectivity index (χ2v) is 5.58. The van der Waals surface area contributed by atoms with Gasteiger partial charge in [0.1, 0.15) is 0 Å². The van der Waals surface area contributed by atoms with Crippen molar-refractivity contribution in [1.82, 2.24) is 20.4 Å². The monoisotopic (exact) mass is 236 g/mol. The lowest BCUT2D eigenvalue weighted by atomic mass is 10.0. The van der Waals surface area contributed by atoms with Gasteiger partial charge in [-0.25, -0.2) is 0 Å². The number of likely N-dealkylation sites (tertiary alicyclic amines) is 1. The van der Waals surface area contributed by atoms with E-state index in [9.17, 15) is 0 Å². The fourth-order valence-corrected chi connectivity index (χ4v) is 2.85. The Balaban J connectivity index is 1.60. The Labute approximate surface area is 102 Å². The third-order valence-electron chi connectivity index (χ3n) is 3.81. The van der Waals surface area contributed by atoms with Crippen LogP contribution in [0.1, 0.15) is 31.5 Å². The molecule has 0 aliphatic carbocycles. The van der Waals surface area contributed by atoms with Gasteiger partial charge in [0, 0.05) is 19.0 Å². The normalized spacial score (nSPS) is 29.1. The molecule has 5 heteroatoms. The fourth-order valence-electron chi connectivity index (χ4n) is 2.85. The van der Waals surface area contributed by atoms with E-state index < -0.39 is 0 Å². The molecule has 1 aromatic heterocycles. The number of nitrogens with one attached hydrogen (secondary N) is 1. The minimum Gasteiger partial charge on any atom is -0.339 e. The van der Waals surface area contributed by atoms with Gasteiger partial charge in [0.15, 0.2) is 5.82 Å². The van der Waals surface area contributed by atoms with E-state index >= 15 is 0 Å². The van der Waals surface area contributed by atoms with Gasteiger partial charge in [0.25, 0.3) is 0 Å². The van der Waals surface area contributed by atoms with E-state index in [1.807, 2.05) is 0 Å². The first-order valence-electron chi connectivity index (χ1n) is 6.48. The number of nitrogens with zero attached hydrogens (tertiary/aromatic N) is 3. The Bertz CT molecular complexity index is 378. The zero-order valence-electron chi connectivity index (χ0n) is 10.5. The topological polar surface area (TPSA) is 54.2 Å². The Hall–Kier alpha value is -0.940. The summed E-state index contributed by atoms with van der Waals surface area (Å²) >= 11 is 0. The van der Waals surface area contributed by atoms with E-state index in [1.54, 1.807) is 0 Å². The van der Waals surface area contributed by atoms with Crippen LogP contribution in [0.15, 0.2) is 4.52 Å². The highest BCUT2D eigenvalue weighted by atomic mass is 16.5. The first-order chi connectivity index (χ1) is 8.22. The molecule has 2 atom stereocenters. The average molecular weight is 236 g/mol. The molecule has 17 heavy (non-hydrogen) atoms. The molecule has 0 spiro atoms. The number of hydrogen-bond donors (Lipinski definition) is 1. The lowest BCUT2D eigenvalue weighted by Crippen LogP contribution is -2.25. The maximum atomic E-state index is 5.23. The van der Waals surface area contributed by atoms with Gasteiger partial charge in [-0.3, -0.25) is 4.90 Å². The summed E-state index contributed by atoms with van der Waals surface area (Å²) in [4.78, 5) is 6.88. The molecule has 3 heterocycles. The maximum absolute atomic E-state index is 5.23. The summed E-state index contributed by atoms with van der Waals surface area (Å²) in [5.74, 6) is 3.55. The standard InChI is InChI=1S/C12H20N4O/c1-8(2)12-14-11(15-17-12)7-16-5-9-3-13-4-10(9)6-16/h8-10,13H,3-7H2,1-2H3. The predicted octanol–water partition coefficient (Wildman–Crippen LogP) is 0.844. The molecule has 0 aromatic carbocycles. The molecule has 2 saturated heterocycles. The third kappa shape index (κ3) is 2.21. The largest absolute Gasteiger partial charge is 0.339 e. The second-order valence-electron chi connectivity index (χ2n) is 5.58. The van der Waals surface area contributed by atoms with Crippen molar-refractivity contribution in [1.29, 1.82) is 0 Å². The van der Waals surface area contributed by atoms with Gasteiger partial charge in [-0.2, -0.15) is 4.98 Å². The van der Waals surface area contributed by atoms with E-state index in [0.29, 0.717) is 5.92 Å². The van der Waals surface area contributed by atoms with Crippen LogP contribution < -0.4 is 5.32 Å². The third-order valence-corrected chi connectivity index (χ3v) is 3.81. The van der Waals surface area contributed by atoms with E-state index in [-0.39, 0.29) is 0 Å². The molecule has 5 nitrogen and oxygen atoms in total. The average Bonchev–Trinajstić information content (AvgIpc) is 2.91. The van der Waals surface area contributed by atoms with Crippen LogP contribution in [0.4, 0.5) is 0 Å². The minimum absolute atomic E-state index is 0.318. The van der Waals surface area contributed by atoms with E-state index in [2.05, 4.69) is 34.2 Å². The molecule has 2 unspecified atom stereocenters. The molecule has 94 valence electrons. The zero-order chi connectivity index (χ0) is 11.8. The molecule has 1 aromatic rings. The first-order valence-corrected chi connectivity index (χ1v) is 6.48. The van der Waals surface area contributed by atoms with E-state index in [1.165, 1.54) is 26.2 Å². The lowest BCUT2D eigenvalue weighted by Gasteiger charge is -2.13. The van der Waals surface area contributed by atoms with Crippen molar-refractivity contribution in [3.05, 3.63) is 11.7 Å². The molecule has 0 radical (unpaired) electrons. The van der Waals surface area contributed by atoms with Crippen molar-refractivity contribution in [2.45, 2.75) is 26.3 Å². The van der Waals surface area contributed by atoms with Crippen LogP contribution in [0.5, 0.6) is 0 Å². The Morgan fingerprint density at radius 3 is 2.65 bits per heavy atom. The van der Waals surface area contributed by atoms with Crippen molar-refractivity contribution in [2.24, 2.45) is 11.8 Å². The molecule has 0 saturated carbocycles. The molecule has 2 aliphatic heterocycles. The highest BCUT2D eigenvalue weighted by Gasteiger charge is 2.36. The molecular formula is C12H20N4O. The Morgan fingerprint density at radius 1 is 1.35 bits per heavy atom. The number of fused-ring (bicyclic) bond motifs is 1. The Morgan fingerprint density at radius 2 is 2.06 bits per heavy atom. The first kappa shape index (κ1) is 11.2. The fraction of sp³-hybridized carbons (Fsp3) is 0.833. The molecule has 0 bridgehead atoms. The number of rotatable bonds is 3. The van der Waals surface area contributed by atoms with Gasteiger partial charge >= 0.3 is 0 Å². The molecule has 0 amide bonds. The highest BCUT2D eigenvalue weighted by molar-refractivity contribution is 4.95. The van der Waals surface area contributed by atoms with Crippen LogP contribution >= 0.6 is 0 Å². The summed E-state index contributed by atoms with van der Waals surface area (Å²) in [7, 11) is 0. The summed E-state index contributed by atoms with van der Waals surface area (Å²) < 4.78 is 5.23. The van der Waals surface area contributed by atoms with E-state index in [0.717, 1.165) is 30.1 Å². The zero-order valence-corrected chi connectivity index (χ0v) is 10.5. The molecule has 1 N–H and O–H groups in total. The van der Waals surface area contributed by atoms with Gasteiger partial charge < -0.3 is 9.84 Å². The van der Waals surface area contributed by atoms with Crippen LogP contribution in [0.3, 0.4) is 0 Å². The smallest absolute Gasteiger partial charge is 0.229 e. The molecule has 2 aliphatic rings. The highest BCUT2D eigenvalue weighted by Crippen LogP contribution is 2.27. The van der Waals surface area contributed by atoms with Gasteiger partial charge in [-0.05, 0) is 24.9 Å². The predicted molar refractivity (Wildman–Crippen MR) is 63.5 cm³/mol. The summed E-state index contributed by atoms with van der Waals surface area (Å²) in [5, 5.41) is 7.50. The lowest BCUT2D eigenvalue weighted by molar-refractivity contribution is 0.288. The quantitative estimate of drug-likeness (QED) is 0.843. The molecular weight excluding hydrogens is 216 g/mol. The van der Waals surface area contributed by atoms with Crippen LogP contribution in [0.25, 0.3) is 0 Å². The van der Waals surface area contributed by atoms with Crippen molar-refractivity contribution < 1.29 is 4.52 Å². The van der Waals surface area contributed by atoms with Crippen molar-refractivity contribution in [2.75, 3.05) is 26.2 Å². The van der Waals surface area contributed by atoms with Crippen molar-refractivity contribution >= 4 is 0 Å². The summed E-state index contributed by atoms with van der Waals surface area (Å²) in [6, 6.07) is 0. The van der Waals surface area contributed by atoms with Crippen LogP contribution in [-0.2, 0) is 6.54 Å². The van der Waals surface area contributed by atoms with Gasteiger partial charge in [-0.15, -0.1) is 0 Å². The second kappa shape index (κ2) is 4.38. The number of hydrogen-bond acceptors (Lipinski definition) is 5. The van der Waals surface area contributed by atoms with Crippen molar-refractivity contribution in [3.8, 4) is 0 Å². The van der Waals surface area contributed by atoms with Gasteiger partial charge in [0.2, 0.25) is 5.89 Å². The van der Waals surface area contributed by atoms with Crippen LogP contribution in [-0.4, -0.2) is 41.2 Å². The summed E-state index contributed by atoms with van der Waals surface area (Å²) in [6.45, 7) is 9.66. The van der Waals surface area contributed by atoms with E-state index in [4.69, 9.17) is 4.52 Å². The van der Waals surface area contributed by atoms with Crippen molar-refractivity contribution in [3.63, 3.8) is 0 Å². The molecule has 3 rings (SSSR count). The number of aromatic nitrogens is 2. The maximum Gasteiger partial charge on any atom is 0.229 e. The molecule has 2 fully saturated rings. The van der Waals surface area contributed by atoms with Crippen LogP contribution in [0.2, 0.25) is 0 Å². The summed E-state index contributed by atoms with van der Waals surface area (Å²) in [6.07, 6.45) is 0.